The van der Waals surface area contributed by atoms with Crippen molar-refractivity contribution >= 4 is 11.9 Å². The molecule has 0 amide bonds. The van der Waals surface area contributed by atoms with Crippen LogP contribution in [0.3, 0.4) is 0 Å². The summed E-state index contributed by atoms with van der Waals surface area (Å²) in [5, 5.41) is 0. The van der Waals surface area contributed by atoms with Gasteiger partial charge in [0.2, 0.25) is 0 Å². The minimum atomic E-state index is -0.00811. The lowest BCUT2D eigenvalue weighted by molar-refractivity contribution is 0.104. The van der Waals surface area contributed by atoms with Crippen LogP contribution in [-0.4, -0.2) is 19.0 Å². The lowest BCUT2D eigenvalue weighted by atomic mass is 10.0. The molecule has 0 heterocycles. The number of benzene rings is 3. The van der Waals surface area contributed by atoms with Crippen molar-refractivity contribution in [1.82, 2.24) is 0 Å². The predicted molar refractivity (Wildman–Crippen MR) is 160 cm³/mol. The van der Waals surface area contributed by atoms with Gasteiger partial charge in [-0.05, 0) is 59.9 Å². The van der Waals surface area contributed by atoms with Crippen molar-refractivity contribution < 1.29 is 14.3 Å². The van der Waals surface area contributed by atoms with E-state index in [4.69, 9.17) is 9.47 Å². The number of carbonyl (C=O) groups is 1. The highest BCUT2D eigenvalue weighted by molar-refractivity contribution is 6.07. The molecular weight excluding hydrogens is 468 g/mol. The van der Waals surface area contributed by atoms with Gasteiger partial charge in [-0.1, -0.05) is 120 Å². The highest BCUT2D eigenvalue weighted by Crippen LogP contribution is 2.23. The topological polar surface area (TPSA) is 35.5 Å². The zero-order valence-electron chi connectivity index (χ0n) is 23.3. The van der Waals surface area contributed by atoms with Crippen molar-refractivity contribution in [3.63, 3.8) is 0 Å². The fraction of sp³-hybridized carbons (Fsp3) is 0.400. The maximum Gasteiger partial charge on any atom is 0.185 e. The maximum absolute atomic E-state index is 12.7. The molecule has 0 aliphatic rings. The summed E-state index contributed by atoms with van der Waals surface area (Å²) in [5.41, 5.74) is 3.84. The van der Waals surface area contributed by atoms with E-state index < -0.39 is 0 Å². The smallest absolute Gasteiger partial charge is 0.185 e. The molecule has 0 N–H and O–H groups in total. The molecule has 3 aromatic rings. The van der Waals surface area contributed by atoms with Crippen LogP contribution < -0.4 is 9.47 Å². The molecule has 3 rings (SSSR count). The number of unbranched alkanes of at least 4 members (excludes halogenated alkanes) is 8. The molecule has 0 unspecified atom stereocenters. The van der Waals surface area contributed by atoms with Gasteiger partial charge < -0.3 is 9.47 Å². The first kappa shape index (κ1) is 29.2. The molecule has 0 fully saturated rings. The van der Waals surface area contributed by atoms with E-state index in [1.807, 2.05) is 66.7 Å². The largest absolute Gasteiger partial charge is 0.494 e. The van der Waals surface area contributed by atoms with Gasteiger partial charge in [-0.25, -0.2) is 0 Å². The first-order valence-corrected chi connectivity index (χ1v) is 14.5. The Hall–Kier alpha value is -3.33. The van der Waals surface area contributed by atoms with E-state index in [1.165, 1.54) is 44.9 Å². The summed E-state index contributed by atoms with van der Waals surface area (Å²) < 4.78 is 11.6. The van der Waals surface area contributed by atoms with E-state index >= 15 is 0 Å². The van der Waals surface area contributed by atoms with Crippen molar-refractivity contribution in [2.45, 2.75) is 78.1 Å². The average Bonchev–Trinajstić information content (AvgIpc) is 2.96. The number of carbonyl (C=O) groups excluding carboxylic acids is 1. The fourth-order valence-electron chi connectivity index (χ4n) is 4.27. The number of allylic oxidation sites excluding steroid dienone is 1. The Morgan fingerprint density at radius 3 is 1.63 bits per heavy atom. The zero-order valence-corrected chi connectivity index (χ0v) is 23.3. The van der Waals surface area contributed by atoms with Crippen molar-refractivity contribution in [1.29, 1.82) is 0 Å². The van der Waals surface area contributed by atoms with E-state index in [2.05, 4.69) is 26.0 Å². The minimum Gasteiger partial charge on any atom is -0.494 e. The lowest BCUT2D eigenvalue weighted by Crippen LogP contribution is -1.97. The fourth-order valence-corrected chi connectivity index (χ4v) is 4.27. The third-order valence-electron chi connectivity index (χ3n) is 6.70. The van der Waals surface area contributed by atoms with Crippen LogP contribution in [0.1, 0.15) is 94.0 Å². The number of rotatable bonds is 18. The van der Waals surface area contributed by atoms with Gasteiger partial charge in [-0.15, -0.1) is 0 Å². The summed E-state index contributed by atoms with van der Waals surface area (Å²) in [6, 6.07) is 23.8. The zero-order chi connectivity index (χ0) is 26.8. The van der Waals surface area contributed by atoms with Crippen LogP contribution >= 0.6 is 0 Å². The van der Waals surface area contributed by atoms with E-state index in [9.17, 15) is 4.79 Å². The average molecular weight is 513 g/mol. The highest BCUT2D eigenvalue weighted by atomic mass is 16.5. The molecule has 3 heteroatoms. The Bertz CT molecular complexity index is 1080. The SMILES string of the molecule is CCCCCCCCCCOc1ccc(/C=C/C(=O)c2ccc(-c3ccc(OCCCC)cc3)cc2)cc1. The Labute approximate surface area is 229 Å². The third-order valence-corrected chi connectivity index (χ3v) is 6.70. The van der Waals surface area contributed by atoms with E-state index in [0.717, 1.165) is 60.7 Å². The van der Waals surface area contributed by atoms with Gasteiger partial charge >= 0.3 is 0 Å². The summed E-state index contributed by atoms with van der Waals surface area (Å²) >= 11 is 0. The first-order chi connectivity index (χ1) is 18.7. The second kappa shape index (κ2) is 17.2. The molecule has 0 spiro atoms. The number of hydrogen-bond acceptors (Lipinski definition) is 3. The number of ketones is 1. The van der Waals surface area contributed by atoms with Gasteiger partial charge in [-0.2, -0.15) is 0 Å². The van der Waals surface area contributed by atoms with Crippen LogP contribution in [0.15, 0.2) is 78.9 Å². The van der Waals surface area contributed by atoms with Crippen molar-refractivity contribution in [2.24, 2.45) is 0 Å². The molecule has 0 aromatic heterocycles. The van der Waals surface area contributed by atoms with Gasteiger partial charge in [0.1, 0.15) is 11.5 Å². The summed E-state index contributed by atoms with van der Waals surface area (Å²) in [6.07, 6.45) is 16.0. The summed E-state index contributed by atoms with van der Waals surface area (Å²) in [6.45, 7) is 5.92. The van der Waals surface area contributed by atoms with Gasteiger partial charge in [0.25, 0.3) is 0 Å². The Morgan fingerprint density at radius 2 is 1.05 bits per heavy atom. The molecule has 3 aromatic carbocycles. The predicted octanol–water partition coefficient (Wildman–Crippen LogP) is 9.95. The van der Waals surface area contributed by atoms with Crippen LogP contribution in [-0.2, 0) is 0 Å². The molecule has 0 radical (unpaired) electrons. The second-order valence-corrected chi connectivity index (χ2v) is 9.89. The number of ether oxygens (including phenoxy) is 2. The van der Waals surface area contributed by atoms with Crippen molar-refractivity contribution in [2.75, 3.05) is 13.2 Å². The molecule has 0 aliphatic heterocycles. The van der Waals surface area contributed by atoms with E-state index in [-0.39, 0.29) is 5.78 Å². The van der Waals surface area contributed by atoms with Crippen LogP contribution in [0.5, 0.6) is 11.5 Å². The molecule has 38 heavy (non-hydrogen) atoms. The maximum atomic E-state index is 12.7. The quantitative estimate of drug-likeness (QED) is 0.0966. The summed E-state index contributed by atoms with van der Waals surface area (Å²) in [5.74, 6) is 1.76. The monoisotopic (exact) mass is 512 g/mol. The van der Waals surface area contributed by atoms with E-state index in [0.29, 0.717) is 5.56 Å². The van der Waals surface area contributed by atoms with Crippen LogP contribution in [0, 0.1) is 0 Å². The third kappa shape index (κ3) is 10.6. The van der Waals surface area contributed by atoms with Gasteiger partial charge in [0, 0.05) is 5.56 Å². The van der Waals surface area contributed by atoms with Crippen molar-refractivity contribution in [3.8, 4) is 22.6 Å². The van der Waals surface area contributed by atoms with Gasteiger partial charge in [0.15, 0.2) is 5.78 Å². The summed E-state index contributed by atoms with van der Waals surface area (Å²) in [7, 11) is 0. The lowest BCUT2D eigenvalue weighted by Gasteiger charge is -2.07. The standard InChI is InChI=1S/C35H44O3/c1-3-5-7-8-9-10-11-12-28-38-33-22-13-29(14-23-33)15-26-35(36)32-18-16-30(17-19-32)31-20-24-34(25-21-31)37-27-6-4-2/h13-26H,3-12,27-28H2,1-2H3/b26-15+. The van der Waals surface area contributed by atoms with Crippen LogP contribution in [0.25, 0.3) is 17.2 Å². The Balaban J connectivity index is 1.40. The highest BCUT2D eigenvalue weighted by Gasteiger charge is 2.04. The second-order valence-electron chi connectivity index (χ2n) is 9.89. The normalized spacial score (nSPS) is 11.1. The number of hydrogen-bond donors (Lipinski definition) is 0. The first-order valence-electron chi connectivity index (χ1n) is 14.5. The molecular formula is C35H44O3. The molecule has 0 saturated carbocycles. The Kier molecular flexibility index (Phi) is 13.3. The molecule has 0 aliphatic carbocycles. The van der Waals surface area contributed by atoms with Gasteiger partial charge in [0.05, 0.1) is 13.2 Å². The molecule has 0 saturated heterocycles. The summed E-state index contributed by atoms with van der Waals surface area (Å²) in [4.78, 5) is 12.7. The van der Waals surface area contributed by atoms with Gasteiger partial charge in [-0.3, -0.25) is 4.79 Å². The van der Waals surface area contributed by atoms with Crippen LogP contribution in [0.2, 0.25) is 0 Å². The van der Waals surface area contributed by atoms with Crippen LogP contribution in [0.4, 0.5) is 0 Å². The molecule has 3 nitrogen and oxygen atoms in total. The minimum absolute atomic E-state index is 0.00811. The molecule has 0 atom stereocenters. The van der Waals surface area contributed by atoms with Crippen molar-refractivity contribution in [3.05, 3.63) is 90.0 Å². The molecule has 0 bridgehead atoms. The molecule has 202 valence electrons. The van der Waals surface area contributed by atoms with E-state index in [1.54, 1.807) is 6.08 Å². The Morgan fingerprint density at radius 1 is 0.579 bits per heavy atom.